The van der Waals surface area contributed by atoms with E-state index in [-0.39, 0.29) is 12.5 Å². The maximum absolute atomic E-state index is 13.2. The lowest BCUT2D eigenvalue weighted by Crippen LogP contribution is -2.32. The average Bonchev–Trinajstić information content (AvgIpc) is 3.57. The van der Waals surface area contributed by atoms with Crippen LogP contribution in [0.5, 0.6) is 0 Å². The molecule has 1 amide bonds. The summed E-state index contributed by atoms with van der Waals surface area (Å²) in [6.07, 6.45) is 2.83. The SMILES string of the molecule is O=C(Cn1cc(-c2nnc(-c3ccccc3)o2)c2ccccc21)N1CCc2ccccc21. The van der Waals surface area contributed by atoms with Gasteiger partial charge >= 0.3 is 0 Å². The van der Waals surface area contributed by atoms with Gasteiger partial charge < -0.3 is 13.9 Å². The van der Waals surface area contributed by atoms with Crippen molar-refractivity contribution in [3.63, 3.8) is 0 Å². The third kappa shape index (κ3) is 3.08. The monoisotopic (exact) mass is 420 g/mol. The van der Waals surface area contributed by atoms with Gasteiger partial charge in [-0.15, -0.1) is 10.2 Å². The number of carbonyl (C=O) groups is 1. The predicted molar refractivity (Wildman–Crippen MR) is 123 cm³/mol. The Morgan fingerprint density at radius 2 is 1.62 bits per heavy atom. The Hall–Kier alpha value is -4.19. The van der Waals surface area contributed by atoms with Gasteiger partial charge in [0.25, 0.3) is 0 Å². The number of anilines is 1. The zero-order chi connectivity index (χ0) is 21.5. The van der Waals surface area contributed by atoms with Crippen LogP contribution in [0.25, 0.3) is 33.8 Å². The van der Waals surface area contributed by atoms with Crippen molar-refractivity contribution in [3.05, 3.63) is 90.6 Å². The molecule has 3 aromatic carbocycles. The molecule has 6 heteroatoms. The number of aromatic nitrogens is 3. The summed E-state index contributed by atoms with van der Waals surface area (Å²) in [7, 11) is 0. The molecule has 3 heterocycles. The van der Waals surface area contributed by atoms with Crippen LogP contribution in [-0.2, 0) is 17.8 Å². The fourth-order valence-electron chi connectivity index (χ4n) is 4.41. The van der Waals surface area contributed by atoms with Gasteiger partial charge in [-0.1, -0.05) is 54.6 Å². The Morgan fingerprint density at radius 3 is 2.53 bits per heavy atom. The molecule has 1 aliphatic rings. The van der Waals surface area contributed by atoms with Crippen LogP contribution in [0.4, 0.5) is 5.69 Å². The lowest BCUT2D eigenvalue weighted by atomic mass is 10.2. The Bertz CT molecular complexity index is 1430. The van der Waals surface area contributed by atoms with E-state index in [0.29, 0.717) is 18.3 Å². The lowest BCUT2D eigenvalue weighted by Gasteiger charge is -2.18. The molecule has 0 spiro atoms. The van der Waals surface area contributed by atoms with Gasteiger partial charge in [-0.05, 0) is 36.2 Å². The number of para-hydroxylation sites is 2. The van der Waals surface area contributed by atoms with Crippen molar-refractivity contribution in [2.75, 3.05) is 11.4 Å². The van der Waals surface area contributed by atoms with E-state index in [0.717, 1.165) is 34.1 Å². The number of hydrogen-bond acceptors (Lipinski definition) is 4. The van der Waals surface area contributed by atoms with Gasteiger partial charge in [-0.25, -0.2) is 0 Å². The molecular formula is C26H20N4O2. The van der Waals surface area contributed by atoms with E-state index in [1.165, 1.54) is 5.56 Å². The fourth-order valence-corrected chi connectivity index (χ4v) is 4.41. The van der Waals surface area contributed by atoms with Crippen LogP contribution in [0, 0.1) is 0 Å². The molecule has 156 valence electrons. The van der Waals surface area contributed by atoms with Crippen LogP contribution in [0.15, 0.2) is 89.5 Å². The van der Waals surface area contributed by atoms with Gasteiger partial charge in [0.15, 0.2) is 0 Å². The molecule has 0 N–H and O–H groups in total. The van der Waals surface area contributed by atoms with Crippen molar-refractivity contribution >= 4 is 22.5 Å². The van der Waals surface area contributed by atoms with Crippen molar-refractivity contribution < 1.29 is 9.21 Å². The molecule has 1 aliphatic heterocycles. The van der Waals surface area contributed by atoms with E-state index in [2.05, 4.69) is 16.3 Å². The Balaban J connectivity index is 1.35. The molecule has 5 aromatic rings. The van der Waals surface area contributed by atoms with Crippen LogP contribution < -0.4 is 4.90 Å². The molecule has 0 atom stereocenters. The minimum absolute atomic E-state index is 0.0674. The van der Waals surface area contributed by atoms with Gasteiger partial charge in [0.1, 0.15) is 6.54 Å². The van der Waals surface area contributed by atoms with E-state index in [1.807, 2.05) is 88.5 Å². The van der Waals surface area contributed by atoms with Gasteiger partial charge in [0, 0.05) is 34.9 Å². The quantitative estimate of drug-likeness (QED) is 0.413. The first kappa shape index (κ1) is 18.6. The molecule has 0 unspecified atom stereocenters. The van der Waals surface area contributed by atoms with E-state index >= 15 is 0 Å². The molecular weight excluding hydrogens is 400 g/mol. The standard InChI is InChI=1S/C26H20N4O2/c31-24(30-15-14-18-8-4-6-12-22(18)30)17-29-16-21(20-11-5-7-13-23(20)29)26-28-27-25(32-26)19-9-2-1-3-10-19/h1-13,16H,14-15,17H2. The van der Waals surface area contributed by atoms with Crippen LogP contribution in [0.1, 0.15) is 5.56 Å². The van der Waals surface area contributed by atoms with Gasteiger partial charge in [0.2, 0.25) is 17.7 Å². The Morgan fingerprint density at radius 1 is 0.875 bits per heavy atom. The highest BCUT2D eigenvalue weighted by atomic mass is 16.4. The minimum atomic E-state index is 0.0674. The van der Waals surface area contributed by atoms with Gasteiger partial charge in [-0.2, -0.15) is 0 Å². The van der Waals surface area contributed by atoms with E-state index in [4.69, 9.17) is 4.42 Å². The van der Waals surface area contributed by atoms with Crippen molar-refractivity contribution in [2.45, 2.75) is 13.0 Å². The molecule has 0 saturated heterocycles. The molecule has 6 nitrogen and oxygen atoms in total. The molecule has 0 radical (unpaired) electrons. The molecule has 0 fully saturated rings. The fraction of sp³-hybridized carbons (Fsp3) is 0.115. The van der Waals surface area contributed by atoms with Crippen molar-refractivity contribution in [1.29, 1.82) is 0 Å². The zero-order valence-corrected chi connectivity index (χ0v) is 17.3. The summed E-state index contributed by atoms with van der Waals surface area (Å²) in [4.78, 5) is 15.1. The number of carbonyl (C=O) groups excluding carboxylic acids is 1. The highest BCUT2D eigenvalue weighted by Crippen LogP contribution is 2.32. The number of amides is 1. The largest absolute Gasteiger partial charge is 0.416 e. The predicted octanol–water partition coefficient (Wildman–Crippen LogP) is 4.95. The third-order valence-corrected chi connectivity index (χ3v) is 5.96. The summed E-state index contributed by atoms with van der Waals surface area (Å²) >= 11 is 0. The zero-order valence-electron chi connectivity index (χ0n) is 17.3. The van der Waals surface area contributed by atoms with E-state index in [9.17, 15) is 4.79 Å². The second kappa shape index (κ2) is 7.50. The van der Waals surface area contributed by atoms with Crippen molar-refractivity contribution in [1.82, 2.24) is 14.8 Å². The maximum atomic E-state index is 13.2. The molecule has 0 bridgehead atoms. The van der Waals surface area contributed by atoms with Gasteiger partial charge in [0.05, 0.1) is 5.56 Å². The first-order valence-electron chi connectivity index (χ1n) is 10.6. The first-order chi connectivity index (χ1) is 15.8. The number of nitrogens with zero attached hydrogens (tertiary/aromatic N) is 4. The van der Waals surface area contributed by atoms with Gasteiger partial charge in [-0.3, -0.25) is 4.79 Å². The van der Waals surface area contributed by atoms with E-state index in [1.54, 1.807) is 0 Å². The highest BCUT2D eigenvalue weighted by molar-refractivity contribution is 5.98. The van der Waals surface area contributed by atoms with Crippen LogP contribution in [-0.4, -0.2) is 27.2 Å². The summed E-state index contributed by atoms with van der Waals surface area (Å²) in [5.41, 5.74) is 4.89. The summed E-state index contributed by atoms with van der Waals surface area (Å²) in [6, 6.07) is 25.8. The normalized spacial score (nSPS) is 12.9. The topological polar surface area (TPSA) is 64.2 Å². The minimum Gasteiger partial charge on any atom is -0.416 e. The maximum Gasteiger partial charge on any atom is 0.250 e. The number of hydrogen-bond donors (Lipinski definition) is 0. The summed E-state index contributed by atoms with van der Waals surface area (Å²) in [5.74, 6) is 0.984. The van der Waals surface area contributed by atoms with Crippen LogP contribution in [0.3, 0.4) is 0 Å². The van der Waals surface area contributed by atoms with Crippen molar-refractivity contribution in [3.8, 4) is 22.9 Å². The second-order valence-corrected chi connectivity index (χ2v) is 7.89. The summed E-state index contributed by atoms with van der Waals surface area (Å²) in [5, 5.41) is 9.49. The number of rotatable bonds is 4. The molecule has 2 aromatic heterocycles. The molecule has 0 aliphatic carbocycles. The molecule has 6 rings (SSSR count). The smallest absolute Gasteiger partial charge is 0.250 e. The second-order valence-electron chi connectivity index (χ2n) is 7.89. The average molecular weight is 420 g/mol. The highest BCUT2D eigenvalue weighted by Gasteiger charge is 2.25. The summed E-state index contributed by atoms with van der Waals surface area (Å²) in [6.45, 7) is 0.961. The third-order valence-electron chi connectivity index (χ3n) is 5.96. The number of benzene rings is 3. The van der Waals surface area contributed by atoms with Crippen molar-refractivity contribution in [2.24, 2.45) is 0 Å². The Kier molecular flexibility index (Phi) is 4.35. The number of fused-ring (bicyclic) bond motifs is 2. The molecule has 32 heavy (non-hydrogen) atoms. The Labute approximate surface area is 184 Å². The van der Waals surface area contributed by atoms with Crippen LogP contribution >= 0.6 is 0 Å². The summed E-state index contributed by atoms with van der Waals surface area (Å²) < 4.78 is 7.97. The first-order valence-corrected chi connectivity index (χ1v) is 10.6. The molecule has 0 saturated carbocycles. The lowest BCUT2D eigenvalue weighted by molar-refractivity contribution is -0.119. The van der Waals surface area contributed by atoms with E-state index < -0.39 is 0 Å². The van der Waals surface area contributed by atoms with Crippen LogP contribution in [0.2, 0.25) is 0 Å².